The Bertz CT molecular complexity index is 494. The number of hydrogen-bond acceptors (Lipinski definition) is 2. The molecule has 3 nitrogen and oxygen atoms in total. The van der Waals surface area contributed by atoms with Gasteiger partial charge in [0.2, 0.25) is 0 Å². The highest BCUT2D eigenvalue weighted by Crippen LogP contribution is 2.37. The van der Waals surface area contributed by atoms with E-state index in [1.807, 2.05) is 24.3 Å². The Labute approximate surface area is 102 Å². The van der Waals surface area contributed by atoms with Gasteiger partial charge in [0.15, 0.2) is 0 Å². The van der Waals surface area contributed by atoms with Crippen molar-refractivity contribution in [3.63, 3.8) is 0 Å². The van der Waals surface area contributed by atoms with Gasteiger partial charge in [0.05, 0.1) is 11.3 Å². The van der Waals surface area contributed by atoms with Gasteiger partial charge in [-0.2, -0.15) is 0 Å². The number of aldehydes is 1. The molecule has 0 bridgehead atoms. The zero-order chi connectivity index (χ0) is 11.7. The lowest BCUT2D eigenvalue weighted by molar-refractivity contribution is -0.113. The Balaban J connectivity index is 2.70. The molecule has 0 fully saturated rings. The van der Waals surface area contributed by atoms with Crippen molar-refractivity contribution in [2.45, 2.75) is 0 Å². The van der Waals surface area contributed by atoms with Crippen molar-refractivity contribution in [3.8, 4) is 0 Å². The summed E-state index contributed by atoms with van der Waals surface area (Å²) in [5.74, 6) is -0.122. The summed E-state index contributed by atoms with van der Waals surface area (Å²) in [7, 11) is 1.71. The SMILES string of the molecule is CN1C(=O)C(=C(C=O)CBr)c2ccccc21. The van der Waals surface area contributed by atoms with E-state index in [1.54, 1.807) is 11.9 Å². The topological polar surface area (TPSA) is 37.4 Å². The molecule has 0 saturated heterocycles. The van der Waals surface area contributed by atoms with E-state index < -0.39 is 0 Å². The lowest BCUT2D eigenvalue weighted by Crippen LogP contribution is -2.21. The average Bonchev–Trinajstić information content (AvgIpc) is 2.57. The van der Waals surface area contributed by atoms with Crippen molar-refractivity contribution in [1.29, 1.82) is 0 Å². The Morgan fingerprint density at radius 1 is 1.44 bits per heavy atom. The van der Waals surface area contributed by atoms with Gasteiger partial charge in [-0.05, 0) is 6.07 Å². The molecule has 0 atom stereocenters. The molecule has 1 heterocycles. The van der Waals surface area contributed by atoms with Crippen molar-refractivity contribution in [2.75, 3.05) is 17.3 Å². The Kier molecular flexibility index (Phi) is 2.92. The van der Waals surface area contributed by atoms with Crippen LogP contribution in [0.2, 0.25) is 0 Å². The monoisotopic (exact) mass is 279 g/mol. The second kappa shape index (κ2) is 4.22. The minimum absolute atomic E-state index is 0.122. The number of nitrogens with zero attached hydrogens (tertiary/aromatic N) is 1. The molecule has 0 N–H and O–H groups in total. The van der Waals surface area contributed by atoms with Crippen molar-refractivity contribution < 1.29 is 9.59 Å². The van der Waals surface area contributed by atoms with E-state index in [1.165, 1.54) is 0 Å². The van der Waals surface area contributed by atoms with Gasteiger partial charge in [0.25, 0.3) is 5.91 Å². The van der Waals surface area contributed by atoms with Crippen LogP contribution in [0.3, 0.4) is 0 Å². The molecule has 0 saturated carbocycles. The van der Waals surface area contributed by atoms with Crippen molar-refractivity contribution in [2.24, 2.45) is 0 Å². The van der Waals surface area contributed by atoms with Gasteiger partial charge < -0.3 is 4.90 Å². The van der Waals surface area contributed by atoms with Crippen LogP contribution in [0.4, 0.5) is 5.69 Å². The van der Waals surface area contributed by atoms with E-state index in [4.69, 9.17) is 0 Å². The number of amides is 1. The summed E-state index contributed by atoms with van der Waals surface area (Å²) in [6.07, 6.45) is 0.734. The molecule has 1 aromatic rings. The number of halogens is 1. The van der Waals surface area contributed by atoms with Gasteiger partial charge in [0, 0.05) is 23.5 Å². The molecule has 1 aromatic carbocycles. The molecule has 0 spiro atoms. The fraction of sp³-hybridized carbons (Fsp3) is 0.167. The molecule has 4 heteroatoms. The third kappa shape index (κ3) is 1.50. The standard InChI is InChI=1S/C12H10BrNO2/c1-14-10-5-3-2-4-9(10)11(12(14)16)8(6-13)7-15/h2-5,7H,6H2,1H3. The first-order valence-electron chi connectivity index (χ1n) is 4.82. The molecule has 0 radical (unpaired) electrons. The Hall–Kier alpha value is -1.42. The molecule has 1 aliphatic heterocycles. The molecule has 0 unspecified atom stereocenters. The van der Waals surface area contributed by atoms with Gasteiger partial charge in [-0.1, -0.05) is 34.1 Å². The predicted octanol–water partition coefficient (Wildman–Crippen LogP) is 2.01. The fourth-order valence-electron chi connectivity index (χ4n) is 1.84. The number of rotatable bonds is 2. The molecular formula is C12H10BrNO2. The number of alkyl halides is 1. The molecular weight excluding hydrogens is 270 g/mol. The molecule has 82 valence electrons. The number of anilines is 1. The highest BCUT2D eigenvalue weighted by Gasteiger charge is 2.31. The number of likely N-dealkylation sites (N-methyl/N-ethyl adjacent to an activating group) is 1. The fourth-order valence-corrected chi connectivity index (χ4v) is 2.25. The normalized spacial score (nSPS) is 17.4. The number of hydrogen-bond donors (Lipinski definition) is 0. The van der Waals surface area contributed by atoms with Crippen LogP contribution in [0.15, 0.2) is 29.8 Å². The maximum atomic E-state index is 12.0. The zero-order valence-corrected chi connectivity index (χ0v) is 10.3. The van der Waals surface area contributed by atoms with Crippen LogP contribution >= 0.6 is 15.9 Å². The number of fused-ring (bicyclic) bond motifs is 1. The van der Waals surface area contributed by atoms with Crippen LogP contribution < -0.4 is 4.90 Å². The van der Waals surface area contributed by atoms with E-state index in [0.717, 1.165) is 17.5 Å². The highest BCUT2D eigenvalue weighted by molar-refractivity contribution is 9.09. The maximum Gasteiger partial charge on any atom is 0.259 e. The van der Waals surface area contributed by atoms with Crippen LogP contribution in [-0.4, -0.2) is 24.6 Å². The summed E-state index contributed by atoms with van der Waals surface area (Å²) in [5.41, 5.74) is 2.67. The number of allylic oxidation sites excluding steroid dienone is 1. The van der Waals surface area contributed by atoms with Gasteiger partial charge in [-0.15, -0.1) is 0 Å². The van der Waals surface area contributed by atoms with Gasteiger partial charge in [-0.3, -0.25) is 9.59 Å². The summed E-state index contributed by atoms with van der Waals surface area (Å²) in [6, 6.07) is 7.47. The van der Waals surface area contributed by atoms with Crippen molar-refractivity contribution >= 4 is 39.4 Å². The summed E-state index contributed by atoms with van der Waals surface area (Å²) in [4.78, 5) is 24.5. The van der Waals surface area contributed by atoms with Crippen LogP contribution in [0.5, 0.6) is 0 Å². The van der Waals surface area contributed by atoms with E-state index in [-0.39, 0.29) is 5.91 Å². The van der Waals surface area contributed by atoms with Gasteiger partial charge in [-0.25, -0.2) is 0 Å². The van der Waals surface area contributed by atoms with E-state index in [9.17, 15) is 9.59 Å². The van der Waals surface area contributed by atoms with Crippen LogP contribution in [0.25, 0.3) is 5.57 Å². The summed E-state index contributed by atoms with van der Waals surface area (Å²) in [6.45, 7) is 0. The van der Waals surface area contributed by atoms with Gasteiger partial charge in [0.1, 0.15) is 6.29 Å². The van der Waals surface area contributed by atoms with Crippen LogP contribution in [0, 0.1) is 0 Å². The lowest BCUT2D eigenvalue weighted by Gasteiger charge is -2.08. The number of carbonyl (C=O) groups excluding carboxylic acids is 2. The van der Waals surface area contributed by atoms with Crippen LogP contribution in [0.1, 0.15) is 5.56 Å². The molecule has 0 aliphatic carbocycles. The Morgan fingerprint density at radius 3 is 2.75 bits per heavy atom. The first-order chi connectivity index (χ1) is 7.70. The molecule has 2 rings (SSSR count). The smallest absolute Gasteiger partial charge is 0.259 e. The lowest BCUT2D eigenvalue weighted by atomic mass is 10.0. The molecule has 1 amide bonds. The minimum Gasteiger partial charge on any atom is -0.311 e. The van der Waals surface area contributed by atoms with E-state index in [0.29, 0.717) is 16.5 Å². The summed E-state index contributed by atoms with van der Waals surface area (Å²) >= 11 is 3.23. The third-order valence-electron chi connectivity index (χ3n) is 2.66. The quantitative estimate of drug-likeness (QED) is 0.472. The van der Waals surface area contributed by atoms with Crippen molar-refractivity contribution in [1.82, 2.24) is 0 Å². The number of benzene rings is 1. The predicted molar refractivity (Wildman–Crippen MR) is 66.6 cm³/mol. The first kappa shape index (κ1) is 11.1. The van der Waals surface area contributed by atoms with E-state index in [2.05, 4.69) is 15.9 Å². The number of carbonyl (C=O) groups is 2. The Morgan fingerprint density at radius 2 is 2.12 bits per heavy atom. The second-order valence-corrected chi connectivity index (χ2v) is 4.09. The largest absolute Gasteiger partial charge is 0.311 e. The van der Waals surface area contributed by atoms with Gasteiger partial charge >= 0.3 is 0 Å². The maximum absolute atomic E-state index is 12.0. The third-order valence-corrected chi connectivity index (χ3v) is 3.26. The van der Waals surface area contributed by atoms with Crippen LogP contribution in [-0.2, 0) is 9.59 Å². The molecule has 1 aliphatic rings. The summed E-state index contributed by atoms with van der Waals surface area (Å²) < 4.78 is 0. The first-order valence-corrected chi connectivity index (χ1v) is 5.94. The second-order valence-electron chi connectivity index (χ2n) is 3.53. The highest BCUT2D eigenvalue weighted by atomic mass is 79.9. The minimum atomic E-state index is -0.122. The summed E-state index contributed by atoms with van der Waals surface area (Å²) in [5, 5.41) is 0.389. The number of para-hydroxylation sites is 1. The van der Waals surface area contributed by atoms with E-state index >= 15 is 0 Å². The molecule has 16 heavy (non-hydrogen) atoms. The van der Waals surface area contributed by atoms with Crippen molar-refractivity contribution in [3.05, 3.63) is 35.4 Å². The zero-order valence-electron chi connectivity index (χ0n) is 8.74. The molecule has 0 aromatic heterocycles. The average molecular weight is 280 g/mol.